The van der Waals surface area contributed by atoms with E-state index in [9.17, 15) is 13.2 Å². The van der Waals surface area contributed by atoms with Crippen molar-refractivity contribution in [1.29, 1.82) is 0 Å². The molecule has 0 unspecified atom stereocenters. The Labute approximate surface area is 173 Å². The van der Waals surface area contributed by atoms with E-state index in [1.54, 1.807) is 44.2 Å². The van der Waals surface area contributed by atoms with Crippen LogP contribution in [0, 0.1) is 0 Å². The molecule has 9 nitrogen and oxygen atoms in total. The summed E-state index contributed by atoms with van der Waals surface area (Å²) in [7, 11) is -3.65. The third-order valence-corrected chi connectivity index (χ3v) is 6.44. The monoisotopic (exact) mass is 437 g/mol. The van der Waals surface area contributed by atoms with Crippen molar-refractivity contribution in [2.45, 2.75) is 18.7 Å². The lowest BCUT2D eigenvalue weighted by Crippen LogP contribution is -2.30. The van der Waals surface area contributed by atoms with Crippen LogP contribution in [0.1, 0.15) is 13.8 Å². The van der Waals surface area contributed by atoms with Crippen molar-refractivity contribution < 1.29 is 18.0 Å². The van der Waals surface area contributed by atoms with Crippen LogP contribution in [0.2, 0.25) is 5.02 Å². The molecule has 1 amide bonds. The zero-order valence-electron chi connectivity index (χ0n) is 15.9. The summed E-state index contributed by atoms with van der Waals surface area (Å²) in [6.07, 6.45) is 0. The fourth-order valence-corrected chi connectivity index (χ4v) is 4.40. The van der Waals surface area contributed by atoms with E-state index in [1.165, 1.54) is 16.4 Å². The molecule has 0 bridgehead atoms. The van der Waals surface area contributed by atoms with E-state index in [4.69, 9.17) is 16.4 Å². The molecule has 0 aliphatic heterocycles. The number of fused-ring (bicyclic) bond motifs is 1. The zero-order chi connectivity index (χ0) is 21.0. The van der Waals surface area contributed by atoms with Crippen LogP contribution in [0.25, 0.3) is 11.0 Å². The maximum Gasteiger partial charge on any atom is 0.265 e. The summed E-state index contributed by atoms with van der Waals surface area (Å²) in [6, 6.07) is 11.2. The van der Waals surface area contributed by atoms with Gasteiger partial charge in [-0.05, 0) is 41.6 Å². The van der Waals surface area contributed by atoms with Gasteiger partial charge in [0.1, 0.15) is 11.0 Å². The summed E-state index contributed by atoms with van der Waals surface area (Å²) < 4.78 is 26.8. The molecule has 1 aromatic heterocycles. The van der Waals surface area contributed by atoms with Gasteiger partial charge in [0, 0.05) is 23.8 Å². The Hall–Kier alpha value is -2.69. The molecule has 0 atom stereocenters. The van der Waals surface area contributed by atoms with Crippen LogP contribution in [0.4, 0.5) is 5.69 Å². The van der Waals surface area contributed by atoms with Crippen LogP contribution in [0.3, 0.4) is 0 Å². The lowest BCUT2D eigenvalue weighted by atomic mass is 10.3. The highest BCUT2D eigenvalue weighted by Gasteiger charge is 2.23. The number of benzene rings is 2. The number of hydrogen-bond donors (Lipinski definition) is 1. The molecule has 0 saturated carbocycles. The number of carbonyl (C=O) groups is 1. The Balaban J connectivity index is 1.77. The molecule has 0 radical (unpaired) electrons. The van der Waals surface area contributed by atoms with Gasteiger partial charge in [-0.25, -0.2) is 8.42 Å². The van der Waals surface area contributed by atoms with E-state index >= 15 is 0 Å². The molecule has 3 aromatic rings. The second kappa shape index (κ2) is 8.76. The third-order valence-electron chi connectivity index (χ3n) is 4.16. The standard InChI is InChI=1S/C18H20ClN5O4S/c1-3-23(4-2)29(26,27)15-8-9-16-17(11-15)24(22-21-16)28-12-18(25)20-14-7-5-6-13(19)10-14/h5-11H,3-4,12H2,1-2H3,(H,20,25). The summed E-state index contributed by atoms with van der Waals surface area (Å²) in [5.41, 5.74) is 1.31. The molecule has 11 heteroatoms. The van der Waals surface area contributed by atoms with Gasteiger partial charge in [-0.2, -0.15) is 4.31 Å². The van der Waals surface area contributed by atoms with E-state index in [0.29, 0.717) is 34.8 Å². The van der Waals surface area contributed by atoms with Gasteiger partial charge >= 0.3 is 0 Å². The Morgan fingerprint density at radius 3 is 2.66 bits per heavy atom. The molecular formula is C18H20ClN5O4S. The molecular weight excluding hydrogens is 418 g/mol. The number of anilines is 1. The first-order valence-electron chi connectivity index (χ1n) is 8.89. The fourth-order valence-electron chi connectivity index (χ4n) is 2.73. The average Bonchev–Trinajstić information content (AvgIpc) is 3.09. The Kier molecular flexibility index (Phi) is 6.36. The number of amides is 1. The molecule has 0 aliphatic rings. The summed E-state index contributed by atoms with van der Waals surface area (Å²) in [5, 5.41) is 10.9. The van der Waals surface area contributed by atoms with Crippen molar-refractivity contribution in [3.63, 3.8) is 0 Å². The fraction of sp³-hybridized carbons (Fsp3) is 0.278. The molecule has 154 valence electrons. The van der Waals surface area contributed by atoms with Gasteiger partial charge in [0.05, 0.1) is 4.90 Å². The van der Waals surface area contributed by atoms with Crippen LogP contribution in [-0.4, -0.2) is 53.5 Å². The number of hydrogen-bond acceptors (Lipinski definition) is 6. The Morgan fingerprint density at radius 2 is 1.97 bits per heavy atom. The van der Waals surface area contributed by atoms with E-state index < -0.39 is 15.9 Å². The minimum Gasteiger partial charge on any atom is -0.385 e. The van der Waals surface area contributed by atoms with Gasteiger partial charge in [-0.3, -0.25) is 4.79 Å². The third kappa shape index (κ3) is 4.66. The first-order chi connectivity index (χ1) is 13.8. The average molecular weight is 438 g/mol. The van der Waals surface area contributed by atoms with Gasteiger partial charge in [-0.1, -0.05) is 36.4 Å². The van der Waals surface area contributed by atoms with Crippen molar-refractivity contribution >= 4 is 44.3 Å². The quantitative estimate of drug-likeness (QED) is 0.579. The van der Waals surface area contributed by atoms with Crippen molar-refractivity contribution in [1.82, 2.24) is 19.5 Å². The number of nitrogens with one attached hydrogen (secondary N) is 1. The number of rotatable bonds is 8. The van der Waals surface area contributed by atoms with E-state index in [2.05, 4.69) is 15.6 Å². The van der Waals surface area contributed by atoms with Gasteiger partial charge in [0.25, 0.3) is 5.91 Å². The van der Waals surface area contributed by atoms with Gasteiger partial charge < -0.3 is 10.2 Å². The minimum atomic E-state index is -3.65. The predicted octanol–water partition coefficient (Wildman–Crippen LogP) is 2.18. The number of halogens is 1. The highest BCUT2D eigenvalue weighted by molar-refractivity contribution is 7.89. The van der Waals surface area contributed by atoms with E-state index in [0.717, 1.165) is 4.85 Å². The smallest absolute Gasteiger partial charge is 0.265 e. The largest absolute Gasteiger partial charge is 0.385 e. The van der Waals surface area contributed by atoms with Crippen molar-refractivity contribution in [2.24, 2.45) is 0 Å². The van der Waals surface area contributed by atoms with Crippen LogP contribution < -0.4 is 10.2 Å². The number of carbonyl (C=O) groups excluding carboxylic acids is 1. The zero-order valence-corrected chi connectivity index (χ0v) is 17.4. The summed E-state index contributed by atoms with van der Waals surface area (Å²) in [5.74, 6) is -0.428. The molecule has 29 heavy (non-hydrogen) atoms. The van der Waals surface area contributed by atoms with E-state index in [1.807, 2.05) is 0 Å². The van der Waals surface area contributed by atoms with Gasteiger partial charge in [0.15, 0.2) is 6.61 Å². The second-order valence-corrected chi connectivity index (χ2v) is 8.41. The number of sulfonamides is 1. The van der Waals surface area contributed by atoms with Crippen LogP contribution in [0.15, 0.2) is 47.4 Å². The van der Waals surface area contributed by atoms with Crippen LogP contribution in [0.5, 0.6) is 0 Å². The molecule has 2 aromatic carbocycles. The first-order valence-corrected chi connectivity index (χ1v) is 10.7. The van der Waals surface area contributed by atoms with Crippen molar-refractivity contribution in [3.05, 3.63) is 47.5 Å². The van der Waals surface area contributed by atoms with Crippen molar-refractivity contribution in [2.75, 3.05) is 25.0 Å². The maximum absolute atomic E-state index is 12.7. The van der Waals surface area contributed by atoms with Gasteiger partial charge in [0.2, 0.25) is 10.0 Å². The Morgan fingerprint density at radius 1 is 1.21 bits per heavy atom. The maximum atomic E-state index is 12.7. The van der Waals surface area contributed by atoms with Gasteiger partial charge in [-0.15, -0.1) is 5.10 Å². The first kappa shape index (κ1) is 21.0. The summed E-state index contributed by atoms with van der Waals surface area (Å²) in [6.45, 7) is 3.90. The number of nitrogens with zero attached hydrogens (tertiary/aromatic N) is 4. The molecule has 1 N–H and O–H groups in total. The lowest BCUT2D eigenvalue weighted by molar-refractivity contribution is -0.121. The highest BCUT2D eigenvalue weighted by atomic mass is 35.5. The summed E-state index contributed by atoms with van der Waals surface area (Å²) >= 11 is 5.89. The SMILES string of the molecule is CCN(CC)S(=O)(=O)c1ccc2nnn(OCC(=O)Nc3cccc(Cl)c3)c2c1. The van der Waals surface area contributed by atoms with E-state index in [-0.39, 0.29) is 11.5 Å². The molecule has 0 spiro atoms. The normalized spacial score (nSPS) is 11.7. The lowest BCUT2D eigenvalue weighted by Gasteiger charge is -2.18. The predicted molar refractivity (Wildman–Crippen MR) is 109 cm³/mol. The Bertz CT molecular complexity index is 1130. The second-order valence-electron chi connectivity index (χ2n) is 6.03. The molecule has 1 heterocycles. The number of aromatic nitrogens is 3. The summed E-state index contributed by atoms with van der Waals surface area (Å²) in [4.78, 5) is 18.6. The van der Waals surface area contributed by atoms with Crippen LogP contribution >= 0.6 is 11.6 Å². The topological polar surface area (TPSA) is 106 Å². The molecule has 0 aliphatic carbocycles. The molecule has 0 fully saturated rings. The van der Waals surface area contributed by atoms with Crippen molar-refractivity contribution in [3.8, 4) is 0 Å². The minimum absolute atomic E-state index is 0.101. The molecule has 0 saturated heterocycles. The van der Waals surface area contributed by atoms with Crippen LogP contribution in [-0.2, 0) is 14.8 Å². The highest BCUT2D eigenvalue weighted by Crippen LogP contribution is 2.20. The molecule has 3 rings (SSSR count).